The summed E-state index contributed by atoms with van der Waals surface area (Å²) >= 11 is 0. The Balaban J connectivity index is 1.79. The van der Waals surface area contributed by atoms with Gasteiger partial charge in [-0.15, -0.1) is 0 Å². The molecule has 0 aliphatic carbocycles. The average Bonchev–Trinajstić information content (AvgIpc) is 2.61. The zero-order valence-electron chi connectivity index (χ0n) is 14.3. The van der Waals surface area contributed by atoms with Gasteiger partial charge >= 0.3 is 0 Å². The molecular formula is C19H20N4O2. The van der Waals surface area contributed by atoms with E-state index in [1.165, 1.54) is 10.6 Å². The maximum atomic E-state index is 12.2. The van der Waals surface area contributed by atoms with E-state index in [1.54, 1.807) is 18.3 Å². The number of amides is 1. The predicted octanol–water partition coefficient (Wildman–Crippen LogP) is 1.78. The number of pyridine rings is 2. The lowest BCUT2D eigenvalue weighted by molar-refractivity contribution is -0.121. The van der Waals surface area contributed by atoms with Crippen LogP contribution in [0.4, 0.5) is 5.82 Å². The van der Waals surface area contributed by atoms with Crippen molar-refractivity contribution in [3.05, 3.63) is 70.6 Å². The predicted molar refractivity (Wildman–Crippen MR) is 98.6 cm³/mol. The first-order valence-corrected chi connectivity index (χ1v) is 8.03. The topological polar surface area (TPSA) is 67.2 Å². The summed E-state index contributed by atoms with van der Waals surface area (Å²) < 4.78 is 1.38. The van der Waals surface area contributed by atoms with E-state index in [2.05, 4.69) is 10.3 Å². The number of carbonyl (C=O) groups excluding carboxylic acids is 1. The fourth-order valence-electron chi connectivity index (χ4n) is 2.60. The van der Waals surface area contributed by atoms with Crippen LogP contribution in [0, 0.1) is 0 Å². The van der Waals surface area contributed by atoms with Crippen LogP contribution in [0.2, 0.25) is 0 Å². The number of hydrogen-bond acceptors (Lipinski definition) is 4. The van der Waals surface area contributed by atoms with Crippen LogP contribution in [0.25, 0.3) is 10.9 Å². The van der Waals surface area contributed by atoms with Crippen LogP contribution in [-0.2, 0) is 17.9 Å². The first-order chi connectivity index (χ1) is 12.0. The second-order valence-electron chi connectivity index (χ2n) is 5.99. The van der Waals surface area contributed by atoms with Gasteiger partial charge in [-0.3, -0.25) is 9.59 Å². The molecule has 1 amide bonds. The lowest BCUT2D eigenvalue weighted by Crippen LogP contribution is -2.31. The highest BCUT2D eigenvalue weighted by molar-refractivity contribution is 5.85. The van der Waals surface area contributed by atoms with Crippen LogP contribution >= 0.6 is 0 Å². The zero-order chi connectivity index (χ0) is 17.8. The standard InChI is InChI=1S/C19H20N4O2/c1-22(2)17-11-14(15-7-3-4-8-16(15)21-17)12-20-18(24)13-23-10-6-5-9-19(23)25/h3-11H,12-13H2,1-2H3,(H,20,24). The van der Waals surface area contributed by atoms with E-state index >= 15 is 0 Å². The third kappa shape index (κ3) is 3.85. The Labute approximate surface area is 145 Å². The Morgan fingerprint density at radius 1 is 1.16 bits per heavy atom. The third-order valence-electron chi connectivity index (χ3n) is 3.94. The number of nitrogens with zero attached hydrogens (tertiary/aromatic N) is 3. The summed E-state index contributed by atoms with van der Waals surface area (Å²) in [7, 11) is 3.86. The summed E-state index contributed by atoms with van der Waals surface area (Å²) in [4.78, 5) is 30.4. The summed E-state index contributed by atoms with van der Waals surface area (Å²) in [5.74, 6) is 0.628. The molecule has 3 rings (SSSR count). The number of aromatic nitrogens is 2. The van der Waals surface area contributed by atoms with Crippen LogP contribution in [0.15, 0.2) is 59.5 Å². The van der Waals surface area contributed by atoms with E-state index in [4.69, 9.17) is 0 Å². The van der Waals surface area contributed by atoms with Gasteiger partial charge in [0.15, 0.2) is 0 Å². The summed E-state index contributed by atoms with van der Waals surface area (Å²) in [6.07, 6.45) is 1.61. The van der Waals surface area contributed by atoms with Crippen molar-refractivity contribution in [3.8, 4) is 0 Å². The molecule has 2 heterocycles. The highest BCUT2D eigenvalue weighted by atomic mass is 16.2. The van der Waals surface area contributed by atoms with Crippen LogP contribution in [-0.4, -0.2) is 29.6 Å². The quantitative estimate of drug-likeness (QED) is 0.771. The molecule has 0 aliphatic heterocycles. The van der Waals surface area contributed by atoms with Gasteiger partial charge in [-0.05, 0) is 23.8 Å². The summed E-state index contributed by atoms with van der Waals surface area (Å²) in [5.41, 5.74) is 1.68. The minimum absolute atomic E-state index is 0.00320. The molecule has 3 aromatic rings. The maximum Gasteiger partial charge on any atom is 0.250 e. The lowest BCUT2D eigenvalue weighted by atomic mass is 10.1. The van der Waals surface area contributed by atoms with Crippen LogP contribution < -0.4 is 15.8 Å². The molecular weight excluding hydrogens is 316 g/mol. The molecule has 2 aromatic heterocycles. The fraction of sp³-hybridized carbons (Fsp3) is 0.211. The minimum Gasteiger partial charge on any atom is -0.363 e. The first kappa shape index (κ1) is 16.7. The Kier molecular flexibility index (Phi) is 4.79. The highest BCUT2D eigenvalue weighted by Crippen LogP contribution is 2.21. The Morgan fingerprint density at radius 2 is 1.92 bits per heavy atom. The molecule has 0 bridgehead atoms. The van der Waals surface area contributed by atoms with Gasteiger partial charge in [-0.25, -0.2) is 4.98 Å². The molecule has 6 nitrogen and oxygen atoms in total. The summed E-state index contributed by atoms with van der Waals surface area (Å²) in [5, 5.41) is 3.89. The van der Waals surface area contributed by atoms with Gasteiger partial charge < -0.3 is 14.8 Å². The van der Waals surface area contributed by atoms with Crippen molar-refractivity contribution in [1.29, 1.82) is 0 Å². The van der Waals surface area contributed by atoms with E-state index < -0.39 is 0 Å². The fourth-order valence-corrected chi connectivity index (χ4v) is 2.60. The van der Waals surface area contributed by atoms with Crippen molar-refractivity contribution in [3.63, 3.8) is 0 Å². The van der Waals surface area contributed by atoms with E-state index in [9.17, 15) is 9.59 Å². The summed E-state index contributed by atoms with van der Waals surface area (Å²) in [6.45, 7) is 0.382. The number of anilines is 1. The Hall–Kier alpha value is -3.15. The van der Waals surface area contributed by atoms with Gasteiger partial charge in [0.2, 0.25) is 5.91 Å². The van der Waals surface area contributed by atoms with Crippen LogP contribution in [0.3, 0.4) is 0 Å². The smallest absolute Gasteiger partial charge is 0.250 e. The third-order valence-corrected chi connectivity index (χ3v) is 3.94. The van der Waals surface area contributed by atoms with Gasteiger partial charge in [0.25, 0.3) is 5.56 Å². The molecule has 0 saturated carbocycles. The molecule has 0 radical (unpaired) electrons. The number of benzene rings is 1. The number of hydrogen-bond donors (Lipinski definition) is 1. The van der Waals surface area contributed by atoms with E-state index in [1.807, 2.05) is 49.3 Å². The molecule has 25 heavy (non-hydrogen) atoms. The van der Waals surface area contributed by atoms with Crippen molar-refractivity contribution in [2.24, 2.45) is 0 Å². The van der Waals surface area contributed by atoms with Gasteiger partial charge in [0.05, 0.1) is 5.52 Å². The van der Waals surface area contributed by atoms with Crippen molar-refractivity contribution >= 4 is 22.6 Å². The van der Waals surface area contributed by atoms with Crippen molar-refractivity contribution in [2.75, 3.05) is 19.0 Å². The van der Waals surface area contributed by atoms with E-state index in [0.29, 0.717) is 6.54 Å². The molecule has 0 atom stereocenters. The SMILES string of the molecule is CN(C)c1cc(CNC(=O)Cn2ccccc2=O)c2ccccc2n1. The molecule has 1 N–H and O–H groups in total. The number of para-hydroxylation sites is 1. The zero-order valence-corrected chi connectivity index (χ0v) is 14.3. The number of fused-ring (bicyclic) bond motifs is 1. The normalized spacial score (nSPS) is 10.6. The molecule has 0 saturated heterocycles. The summed E-state index contributed by atoms with van der Waals surface area (Å²) in [6, 6.07) is 14.6. The first-order valence-electron chi connectivity index (χ1n) is 8.03. The molecule has 1 aromatic carbocycles. The molecule has 0 aliphatic rings. The molecule has 0 fully saturated rings. The molecule has 0 unspecified atom stereocenters. The van der Waals surface area contributed by atoms with Crippen molar-refractivity contribution in [1.82, 2.24) is 14.9 Å². The van der Waals surface area contributed by atoms with Gasteiger partial charge in [-0.2, -0.15) is 0 Å². The number of nitrogens with one attached hydrogen (secondary N) is 1. The van der Waals surface area contributed by atoms with E-state index in [0.717, 1.165) is 22.3 Å². The second kappa shape index (κ2) is 7.17. The molecule has 128 valence electrons. The Bertz CT molecular complexity index is 963. The molecule has 6 heteroatoms. The maximum absolute atomic E-state index is 12.2. The van der Waals surface area contributed by atoms with Gasteiger partial charge in [-0.1, -0.05) is 24.3 Å². The highest BCUT2D eigenvalue weighted by Gasteiger charge is 2.09. The van der Waals surface area contributed by atoms with Gasteiger partial charge in [0.1, 0.15) is 12.4 Å². The van der Waals surface area contributed by atoms with E-state index in [-0.39, 0.29) is 18.0 Å². The molecule has 0 spiro atoms. The minimum atomic E-state index is -0.208. The van der Waals surface area contributed by atoms with Crippen LogP contribution in [0.1, 0.15) is 5.56 Å². The largest absolute Gasteiger partial charge is 0.363 e. The number of carbonyl (C=O) groups is 1. The average molecular weight is 336 g/mol. The lowest BCUT2D eigenvalue weighted by Gasteiger charge is -2.15. The van der Waals surface area contributed by atoms with Gasteiger partial charge in [0, 0.05) is 38.3 Å². The second-order valence-corrected chi connectivity index (χ2v) is 5.99. The Morgan fingerprint density at radius 3 is 2.68 bits per heavy atom. The van der Waals surface area contributed by atoms with Crippen molar-refractivity contribution in [2.45, 2.75) is 13.1 Å². The van der Waals surface area contributed by atoms with Crippen molar-refractivity contribution < 1.29 is 4.79 Å². The monoisotopic (exact) mass is 336 g/mol. The van der Waals surface area contributed by atoms with Crippen LogP contribution in [0.5, 0.6) is 0 Å². The number of rotatable bonds is 5.